The maximum Gasteiger partial charge on any atom is 0.339 e. The Hall–Kier alpha value is -2.83. The number of carbonyl (C=O) groups is 2. The fourth-order valence-corrected chi connectivity index (χ4v) is 4.63. The molecule has 0 spiro atoms. The van der Waals surface area contributed by atoms with Crippen LogP contribution in [0.5, 0.6) is 5.75 Å². The van der Waals surface area contributed by atoms with Crippen molar-refractivity contribution in [2.24, 2.45) is 5.92 Å². The number of rotatable bonds is 4. The zero-order chi connectivity index (χ0) is 21.3. The van der Waals surface area contributed by atoms with E-state index in [1.807, 2.05) is 19.1 Å². The summed E-state index contributed by atoms with van der Waals surface area (Å²) in [7, 11) is 1.62. The van der Waals surface area contributed by atoms with E-state index in [-0.39, 0.29) is 30.0 Å². The van der Waals surface area contributed by atoms with Crippen molar-refractivity contribution in [3.63, 3.8) is 0 Å². The van der Waals surface area contributed by atoms with E-state index in [0.29, 0.717) is 24.4 Å². The highest BCUT2D eigenvalue weighted by atomic mass is 16.5. The number of benzene rings is 1. The molecule has 4 rings (SSSR count). The first-order chi connectivity index (χ1) is 14.5. The molecule has 1 aliphatic heterocycles. The largest absolute Gasteiger partial charge is 0.483 e. The predicted molar refractivity (Wildman–Crippen MR) is 113 cm³/mol. The van der Waals surface area contributed by atoms with Gasteiger partial charge >= 0.3 is 5.63 Å². The predicted octanol–water partition coefficient (Wildman–Crippen LogP) is 2.34. The highest BCUT2D eigenvalue weighted by molar-refractivity contribution is 5.86. The van der Waals surface area contributed by atoms with Crippen LogP contribution < -0.4 is 15.7 Å². The van der Waals surface area contributed by atoms with Crippen LogP contribution in [0.2, 0.25) is 0 Å². The van der Waals surface area contributed by atoms with Gasteiger partial charge in [0, 0.05) is 36.7 Å². The number of amides is 2. The number of carbonyl (C=O) groups excluding carboxylic acids is 2. The molecule has 1 aromatic heterocycles. The van der Waals surface area contributed by atoms with Gasteiger partial charge in [-0.1, -0.05) is 0 Å². The van der Waals surface area contributed by atoms with Gasteiger partial charge in [0.05, 0.1) is 5.92 Å². The average Bonchev–Trinajstić information content (AvgIpc) is 2.78. The van der Waals surface area contributed by atoms with Crippen molar-refractivity contribution >= 4 is 22.8 Å². The molecular weight excluding hydrogens is 384 g/mol. The summed E-state index contributed by atoms with van der Waals surface area (Å²) >= 11 is 0. The van der Waals surface area contributed by atoms with Gasteiger partial charge in [-0.3, -0.25) is 9.59 Å². The van der Waals surface area contributed by atoms with Crippen molar-refractivity contribution in [3.05, 3.63) is 39.2 Å². The van der Waals surface area contributed by atoms with Gasteiger partial charge in [0.1, 0.15) is 11.3 Å². The van der Waals surface area contributed by atoms with Gasteiger partial charge in [0.15, 0.2) is 6.61 Å². The lowest BCUT2D eigenvalue weighted by Gasteiger charge is -2.31. The normalized spacial score (nSPS) is 18.7. The minimum Gasteiger partial charge on any atom is -0.483 e. The Balaban J connectivity index is 1.50. The fourth-order valence-electron chi connectivity index (χ4n) is 4.63. The molecule has 1 N–H and O–H groups in total. The van der Waals surface area contributed by atoms with Gasteiger partial charge < -0.3 is 19.4 Å². The Morgan fingerprint density at radius 2 is 1.97 bits per heavy atom. The van der Waals surface area contributed by atoms with E-state index in [9.17, 15) is 14.4 Å². The summed E-state index contributed by atoms with van der Waals surface area (Å²) in [5, 5.41) is 3.62. The molecule has 1 saturated heterocycles. The summed E-state index contributed by atoms with van der Waals surface area (Å²) in [4.78, 5) is 38.7. The topological polar surface area (TPSA) is 88.9 Å². The fraction of sp³-hybridized carbons (Fsp3) is 0.522. The van der Waals surface area contributed by atoms with Crippen molar-refractivity contribution in [2.45, 2.75) is 45.4 Å². The van der Waals surface area contributed by atoms with Crippen molar-refractivity contribution in [2.75, 3.05) is 26.7 Å². The molecular formula is C23H28N2O5. The molecule has 30 heavy (non-hydrogen) atoms. The SMILES string of the molecule is CNC(=O)C1CCCN(C(=O)COc2ccc3c4c(c(=O)oc3c2C)CCCC4)C1. The zero-order valence-electron chi connectivity index (χ0n) is 17.6. The molecule has 0 saturated carbocycles. The monoisotopic (exact) mass is 412 g/mol. The molecule has 2 aromatic rings. The van der Waals surface area contributed by atoms with Crippen LogP contribution in [-0.4, -0.2) is 43.5 Å². The van der Waals surface area contributed by atoms with E-state index in [4.69, 9.17) is 9.15 Å². The summed E-state index contributed by atoms with van der Waals surface area (Å²) in [6, 6.07) is 3.78. The van der Waals surface area contributed by atoms with Crippen LogP contribution in [0.3, 0.4) is 0 Å². The van der Waals surface area contributed by atoms with Crippen molar-refractivity contribution in [3.8, 4) is 5.75 Å². The summed E-state index contributed by atoms with van der Waals surface area (Å²) in [6.45, 7) is 2.79. The quantitative estimate of drug-likeness (QED) is 0.779. The standard InChI is InChI=1S/C23H28N2O5/c1-14-19(29-13-20(26)25-11-5-6-15(12-25)22(27)24-2)10-9-17-16-7-3-4-8-18(16)23(28)30-21(14)17/h9-10,15H,3-8,11-13H2,1-2H3,(H,24,27). The second-order valence-corrected chi connectivity index (χ2v) is 8.20. The average molecular weight is 412 g/mol. The van der Waals surface area contributed by atoms with Crippen molar-refractivity contribution in [1.82, 2.24) is 10.2 Å². The van der Waals surface area contributed by atoms with Crippen LogP contribution in [0, 0.1) is 12.8 Å². The van der Waals surface area contributed by atoms with Crippen LogP contribution in [0.4, 0.5) is 0 Å². The van der Waals surface area contributed by atoms with Gasteiger partial charge in [-0.15, -0.1) is 0 Å². The lowest BCUT2D eigenvalue weighted by Crippen LogP contribution is -2.46. The first kappa shape index (κ1) is 20.4. The number of likely N-dealkylation sites (tertiary alicyclic amines) is 1. The molecule has 1 fully saturated rings. The van der Waals surface area contributed by atoms with Crippen LogP contribution in [0.25, 0.3) is 11.0 Å². The summed E-state index contributed by atoms with van der Waals surface area (Å²) in [5.41, 5.74) is 2.90. The first-order valence-electron chi connectivity index (χ1n) is 10.7. The van der Waals surface area contributed by atoms with E-state index in [2.05, 4.69) is 5.32 Å². The highest BCUT2D eigenvalue weighted by Crippen LogP contribution is 2.32. The second-order valence-electron chi connectivity index (χ2n) is 8.20. The zero-order valence-corrected chi connectivity index (χ0v) is 17.6. The Morgan fingerprint density at radius 1 is 1.20 bits per heavy atom. The van der Waals surface area contributed by atoms with Gasteiger partial charge in [0.2, 0.25) is 5.91 Å². The third kappa shape index (κ3) is 3.80. The highest BCUT2D eigenvalue weighted by Gasteiger charge is 2.28. The summed E-state index contributed by atoms with van der Waals surface area (Å²) in [5.74, 6) is 0.192. The summed E-state index contributed by atoms with van der Waals surface area (Å²) < 4.78 is 11.4. The maximum atomic E-state index is 12.6. The van der Waals surface area contributed by atoms with E-state index in [1.54, 1.807) is 11.9 Å². The Kier molecular flexibility index (Phi) is 5.79. The molecule has 160 valence electrons. The third-order valence-corrected chi connectivity index (χ3v) is 6.33. The number of fused-ring (bicyclic) bond motifs is 3. The van der Waals surface area contributed by atoms with Crippen LogP contribution in [-0.2, 0) is 22.4 Å². The minimum atomic E-state index is -0.262. The van der Waals surface area contributed by atoms with Crippen molar-refractivity contribution in [1.29, 1.82) is 0 Å². The van der Waals surface area contributed by atoms with Gasteiger partial charge in [-0.05, 0) is 63.1 Å². The number of ether oxygens (including phenoxy) is 1. The number of nitrogens with one attached hydrogen (secondary N) is 1. The summed E-state index contributed by atoms with van der Waals surface area (Å²) in [6.07, 6.45) is 5.34. The van der Waals surface area contributed by atoms with Gasteiger partial charge in [0.25, 0.3) is 5.91 Å². The molecule has 1 unspecified atom stereocenters. The van der Waals surface area contributed by atoms with Gasteiger partial charge in [-0.25, -0.2) is 4.79 Å². The molecule has 2 aliphatic rings. The number of aryl methyl sites for hydroxylation is 2. The maximum absolute atomic E-state index is 12.6. The minimum absolute atomic E-state index is 0.0304. The molecule has 0 bridgehead atoms. The van der Waals surface area contributed by atoms with Crippen LogP contribution in [0.1, 0.15) is 42.4 Å². The lowest BCUT2D eigenvalue weighted by molar-refractivity contribution is -0.137. The third-order valence-electron chi connectivity index (χ3n) is 6.33. The molecule has 7 heteroatoms. The van der Waals surface area contributed by atoms with E-state index < -0.39 is 0 Å². The first-order valence-corrected chi connectivity index (χ1v) is 10.7. The second kappa shape index (κ2) is 8.50. The van der Waals surface area contributed by atoms with E-state index >= 15 is 0 Å². The van der Waals surface area contributed by atoms with Gasteiger partial charge in [-0.2, -0.15) is 0 Å². The molecule has 1 atom stereocenters. The number of hydrogen-bond donors (Lipinski definition) is 1. The van der Waals surface area contributed by atoms with Crippen LogP contribution >= 0.6 is 0 Å². The smallest absolute Gasteiger partial charge is 0.339 e. The van der Waals surface area contributed by atoms with E-state index in [0.717, 1.165) is 60.6 Å². The molecule has 1 aliphatic carbocycles. The number of piperidine rings is 1. The van der Waals surface area contributed by atoms with E-state index in [1.165, 1.54) is 0 Å². The van der Waals surface area contributed by atoms with Crippen molar-refractivity contribution < 1.29 is 18.7 Å². The molecule has 0 radical (unpaired) electrons. The molecule has 2 heterocycles. The Bertz CT molecular complexity index is 1040. The Morgan fingerprint density at radius 3 is 2.73 bits per heavy atom. The number of hydrogen-bond acceptors (Lipinski definition) is 5. The van der Waals surface area contributed by atoms with Crippen LogP contribution in [0.15, 0.2) is 21.3 Å². The molecule has 1 aromatic carbocycles. The Labute approximate surface area is 175 Å². The molecule has 2 amide bonds. The lowest BCUT2D eigenvalue weighted by atomic mass is 9.90. The molecule has 7 nitrogen and oxygen atoms in total. The number of nitrogens with zero attached hydrogens (tertiary/aromatic N) is 1.